The average molecular weight is 429 g/mol. The minimum absolute atomic E-state index is 0.491. The zero-order valence-corrected chi connectivity index (χ0v) is 17.5. The maximum Gasteiger partial charge on any atom is 0.325 e. The molecule has 3 N–H and O–H groups in total. The molecule has 2 aromatic carbocycles. The Hall–Kier alpha value is -3.39. The number of hydrogen-bond donors (Lipinski definition) is 3. The van der Waals surface area contributed by atoms with Crippen LogP contribution in [-0.4, -0.2) is 35.3 Å². The summed E-state index contributed by atoms with van der Waals surface area (Å²) in [5.74, 6) is -1.39. The Morgan fingerprint density at radius 2 is 1.77 bits per heavy atom. The molecule has 1 atom stereocenters. The molecule has 1 saturated heterocycles. The van der Waals surface area contributed by atoms with Gasteiger partial charge in [-0.3, -0.25) is 19.8 Å². The normalized spacial score (nSPS) is 18.2. The van der Waals surface area contributed by atoms with E-state index in [-0.39, 0.29) is 0 Å². The Kier molecular flexibility index (Phi) is 5.80. The quantitative estimate of drug-likeness (QED) is 0.650. The SMILES string of the molecule is Cc1ccc(NC(=O)NC(=O)CN2C(=O)NC(C)(c3ccc(Cl)cc3)C2=O)c(C)c1. The number of amides is 6. The van der Waals surface area contributed by atoms with Crippen LogP contribution in [0.15, 0.2) is 42.5 Å². The molecule has 0 aliphatic carbocycles. The Bertz CT molecular complexity index is 1040. The standard InChI is InChI=1S/C21H21ClN4O4/c1-12-4-9-16(13(2)10-12)23-19(29)24-17(27)11-26-18(28)21(3,25-20(26)30)14-5-7-15(22)8-6-14/h4-10H,11H2,1-3H3,(H,25,30)(H2,23,24,27,29). The molecule has 30 heavy (non-hydrogen) atoms. The Morgan fingerprint density at radius 3 is 2.40 bits per heavy atom. The van der Waals surface area contributed by atoms with Crippen molar-refractivity contribution in [3.05, 3.63) is 64.2 Å². The van der Waals surface area contributed by atoms with Crippen molar-refractivity contribution in [2.45, 2.75) is 26.3 Å². The Morgan fingerprint density at radius 1 is 1.10 bits per heavy atom. The van der Waals surface area contributed by atoms with Crippen LogP contribution in [0, 0.1) is 13.8 Å². The lowest BCUT2D eigenvalue weighted by atomic mass is 9.92. The molecule has 3 rings (SSSR count). The number of carbonyl (C=O) groups is 4. The molecule has 0 bridgehead atoms. The average Bonchev–Trinajstić information content (AvgIpc) is 2.88. The summed E-state index contributed by atoms with van der Waals surface area (Å²) in [4.78, 5) is 50.3. The van der Waals surface area contributed by atoms with Crippen LogP contribution < -0.4 is 16.0 Å². The summed E-state index contributed by atoms with van der Waals surface area (Å²) in [6.45, 7) is 4.71. The van der Waals surface area contributed by atoms with Crippen LogP contribution in [0.1, 0.15) is 23.6 Å². The van der Waals surface area contributed by atoms with E-state index in [2.05, 4.69) is 16.0 Å². The van der Waals surface area contributed by atoms with Crippen molar-refractivity contribution in [3.63, 3.8) is 0 Å². The number of hydrogen-bond acceptors (Lipinski definition) is 4. The van der Waals surface area contributed by atoms with E-state index in [0.29, 0.717) is 16.3 Å². The van der Waals surface area contributed by atoms with Crippen LogP contribution in [0.2, 0.25) is 5.02 Å². The molecule has 0 spiro atoms. The van der Waals surface area contributed by atoms with E-state index in [1.165, 1.54) is 0 Å². The maximum absolute atomic E-state index is 12.8. The summed E-state index contributed by atoms with van der Waals surface area (Å²) < 4.78 is 0. The molecule has 0 saturated carbocycles. The highest BCUT2D eigenvalue weighted by Crippen LogP contribution is 2.29. The van der Waals surface area contributed by atoms with Crippen molar-refractivity contribution < 1.29 is 19.2 Å². The summed E-state index contributed by atoms with van der Waals surface area (Å²) >= 11 is 5.88. The molecule has 1 unspecified atom stereocenters. The second kappa shape index (κ2) is 8.16. The zero-order valence-electron chi connectivity index (χ0n) is 16.7. The number of urea groups is 2. The van der Waals surface area contributed by atoms with Crippen molar-refractivity contribution in [1.29, 1.82) is 0 Å². The molecule has 8 nitrogen and oxygen atoms in total. The minimum Gasteiger partial charge on any atom is -0.319 e. The van der Waals surface area contributed by atoms with E-state index in [9.17, 15) is 19.2 Å². The van der Waals surface area contributed by atoms with Gasteiger partial charge in [0.1, 0.15) is 12.1 Å². The number of benzene rings is 2. The molecular formula is C21H21ClN4O4. The number of anilines is 1. The Balaban J connectivity index is 1.64. The molecule has 0 aromatic heterocycles. The second-order valence-corrected chi connectivity index (χ2v) is 7.71. The summed E-state index contributed by atoms with van der Waals surface area (Å²) in [5.41, 5.74) is 1.63. The number of aryl methyl sites for hydroxylation is 2. The summed E-state index contributed by atoms with van der Waals surface area (Å²) in [6.07, 6.45) is 0. The van der Waals surface area contributed by atoms with Crippen LogP contribution in [0.25, 0.3) is 0 Å². The molecule has 1 aliphatic heterocycles. The highest BCUT2D eigenvalue weighted by Gasteiger charge is 2.49. The number of rotatable bonds is 4. The number of carbonyl (C=O) groups excluding carboxylic acids is 4. The Labute approximate surface area is 178 Å². The van der Waals surface area contributed by atoms with Gasteiger partial charge in [0.2, 0.25) is 5.91 Å². The van der Waals surface area contributed by atoms with Crippen molar-refractivity contribution >= 4 is 41.2 Å². The molecule has 2 aromatic rings. The first-order chi connectivity index (χ1) is 14.1. The molecule has 1 heterocycles. The predicted octanol–water partition coefficient (Wildman–Crippen LogP) is 3.07. The van der Waals surface area contributed by atoms with Gasteiger partial charge in [-0.25, -0.2) is 9.59 Å². The fourth-order valence-corrected chi connectivity index (χ4v) is 3.36. The van der Waals surface area contributed by atoms with Crippen LogP contribution >= 0.6 is 11.6 Å². The van der Waals surface area contributed by atoms with Gasteiger partial charge in [-0.1, -0.05) is 41.4 Å². The van der Waals surface area contributed by atoms with Crippen molar-refractivity contribution in [2.24, 2.45) is 0 Å². The fraction of sp³-hybridized carbons (Fsp3) is 0.238. The monoisotopic (exact) mass is 428 g/mol. The van der Waals surface area contributed by atoms with E-state index in [4.69, 9.17) is 11.6 Å². The van der Waals surface area contributed by atoms with E-state index in [1.54, 1.807) is 37.3 Å². The van der Waals surface area contributed by atoms with E-state index < -0.39 is 36.0 Å². The van der Waals surface area contributed by atoms with E-state index in [1.807, 2.05) is 26.0 Å². The topological polar surface area (TPSA) is 108 Å². The van der Waals surface area contributed by atoms with Gasteiger partial charge in [-0.15, -0.1) is 0 Å². The first-order valence-corrected chi connectivity index (χ1v) is 9.56. The van der Waals surface area contributed by atoms with Gasteiger partial charge in [-0.2, -0.15) is 0 Å². The highest BCUT2D eigenvalue weighted by molar-refractivity contribution is 6.30. The molecule has 1 fully saturated rings. The van der Waals surface area contributed by atoms with Gasteiger partial charge >= 0.3 is 12.1 Å². The number of imide groups is 2. The molecular weight excluding hydrogens is 408 g/mol. The second-order valence-electron chi connectivity index (χ2n) is 7.27. The van der Waals surface area contributed by atoms with Gasteiger partial charge < -0.3 is 10.6 Å². The number of nitrogens with one attached hydrogen (secondary N) is 3. The molecule has 6 amide bonds. The number of nitrogens with zero attached hydrogens (tertiary/aromatic N) is 1. The van der Waals surface area contributed by atoms with Gasteiger partial charge in [0.15, 0.2) is 0 Å². The van der Waals surface area contributed by atoms with Crippen molar-refractivity contribution in [1.82, 2.24) is 15.5 Å². The van der Waals surface area contributed by atoms with Crippen molar-refractivity contribution in [2.75, 3.05) is 11.9 Å². The largest absolute Gasteiger partial charge is 0.325 e. The molecule has 0 radical (unpaired) electrons. The van der Waals surface area contributed by atoms with Crippen molar-refractivity contribution in [3.8, 4) is 0 Å². The smallest absolute Gasteiger partial charge is 0.319 e. The zero-order chi connectivity index (χ0) is 22.1. The van der Waals surface area contributed by atoms with E-state index in [0.717, 1.165) is 16.0 Å². The van der Waals surface area contributed by atoms with Crippen LogP contribution in [0.5, 0.6) is 0 Å². The third kappa shape index (κ3) is 4.28. The fourth-order valence-electron chi connectivity index (χ4n) is 3.24. The number of halogens is 1. The lowest BCUT2D eigenvalue weighted by Gasteiger charge is -2.22. The first-order valence-electron chi connectivity index (χ1n) is 9.18. The third-order valence-corrected chi connectivity index (χ3v) is 5.13. The van der Waals surface area contributed by atoms with E-state index >= 15 is 0 Å². The summed E-state index contributed by atoms with van der Waals surface area (Å²) in [5, 5.41) is 7.79. The van der Waals surface area contributed by atoms with Crippen LogP contribution in [-0.2, 0) is 15.1 Å². The minimum atomic E-state index is -1.33. The van der Waals surface area contributed by atoms with Gasteiger partial charge in [-0.05, 0) is 50.1 Å². The summed E-state index contributed by atoms with van der Waals surface area (Å²) in [6, 6.07) is 10.4. The van der Waals surface area contributed by atoms with Crippen LogP contribution in [0.4, 0.5) is 15.3 Å². The third-order valence-electron chi connectivity index (χ3n) is 4.88. The highest BCUT2D eigenvalue weighted by atomic mass is 35.5. The summed E-state index contributed by atoms with van der Waals surface area (Å²) in [7, 11) is 0. The molecule has 1 aliphatic rings. The first kappa shape index (κ1) is 21.3. The maximum atomic E-state index is 12.8. The van der Waals surface area contributed by atoms with Crippen LogP contribution in [0.3, 0.4) is 0 Å². The lowest BCUT2D eigenvalue weighted by molar-refractivity contribution is -0.134. The lowest BCUT2D eigenvalue weighted by Crippen LogP contribution is -2.45. The van der Waals surface area contributed by atoms with Gasteiger partial charge in [0, 0.05) is 10.7 Å². The molecule has 156 valence electrons. The predicted molar refractivity (Wildman–Crippen MR) is 112 cm³/mol. The molecule has 9 heteroatoms. The van der Waals surface area contributed by atoms with Gasteiger partial charge in [0.25, 0.3) is 5.91 Å². The van der Waals surface area contributed by atoms with Gasteiger partial charge in [0.05, 0.1) is 0 Å².